The first kappa shape index (κ1) is 48.3. The van der Waals surface area contributed by atoms with Crippen LogP contribution in [0.1, 0.15) is 132 Å². The molecule has 0 fully saturated rings. The van der Waals surface area contributed by atoms with Crippen LogP contribution in [0.4, 0.5) is 5.69 Å². The number of benzene rings is 1. The quantitative estimate of drug-likeness (QED) is 0.0605. The number of hydrogen-bond acceptors (Lipinski definition) is 11. The van der Waals surface area contributed by atoms with E-state index >= 15 is 0 Å². The molecule has 0 N–H and O–H groups in total. The Labute approximate surface area is 372 Å². The molecule has 1 aliphatic heterocycles. The molecular weight excluding hydrogens is 801 g/mol. The van der Waals surface area contributed by atoms with E-state index in [0.29, 0.717) is 43.5 Å². The highest BCUT2D eigenvalue weighted by Gasteiger charge is 2.39. The van der Waals surface area contributed by atoms with Crippen LogP contribution in [-0.4, -0.2) is 45.1 Å². The Kier molecular flexibility index (Phi) is 19.6. The van der Waals surface area contributed by atoms with Crippen molar-refractivity contribution in [3.63, 3.8) is 0 Å². The lowest BCUT2D eigenvalue weighted by Crippen LogP contribution is -2.21. The molecule has 324 valence electrons. The molecule has 0 bridgehead atoms. The Bertz CT molecular complexity index is 2160. The maximum absolute atomic E-state index is 10.2. The van der Waals surface area contributed by atoms with Crippen LogP contribution < -0.4 is 23.8 Å². The highest BCUT2D eigenvalue weighted by molar-refractivity contribution is 7.15. The van der Waals surface area contributed by atoms with Crippen molar-refractivity contribution in [1.82, 2.24) is 0 Å². The van der Waals surface area contributed by atoms with E-state index < -0.39 is 5.60 Å². The topological polar surface area (TPSA) is 121 Å². The molecule has 2 aromatic heterocycles. The Morgan fingerprint density at radius 3 is 1.36 bits per heavy atom. The lowest BCUT2D eigenvalue weighted by atomic mass is 9.94. The normalized spacial score (nSPS) is 13.4. The molecular formula is C50H62N4O5S2. The van der Waals surface area contributed by atoms with Crippen molar-refractivity contribution in [2.45, 2.75) is 112 Å². The summed E-state index contributed by atoms with van der Waals surface area (Å²) >= 11 is 3.16. The molecule has 1 aliphatic rings. The highest BCUT2D eigenvalue weighted by Crippen LogP contribution is 2.48. The molecule has 0 amide bonds. The number of anilines is 1. The van der Waals surface area contributed by atoms with Crippen molar-refractivity contribution < 1.29 is 23.7 Å². The smallest absolute Gasteiger partial charge is 0.179 e. The van der Waals surface area contributed by atoms with Gasteiger partial charge in [0.25, 0.3) is 0 Å². The standard InChI is InChI=1S/C50H62N4O5S2/c1-9-15-29-55-46-41(25-21-36-19-22-38(23-20-36)54(13-5)14-6)60-43(48(46)57-31-17-11-3)27-28-44-49(58-32-18-12-4)47(56-30-16-10-2)42(61-44)26-24-40-39(35-53)45(37(33-51)34-52)59-50(40,7)8/h19-28H,9-18,29-32H2,1-8H3/b25-21+,26-24+,28-27+. The Balaban J connectivity index is 1.87. The van der Waals surface area contributed by atoms with Crippen molar-refractivity contribution in [2.24, 2.45) is 0 Å². The van der Waals surface area contributed by atoms with Crippen LogP contribution in [0.2, 0.25) is 0 Å². The zero-order chi connectivity index (χ0) is 44.2. The Morgan fingerprint density at radius 1 is 0.607 bits per heavy atom. The molecule has 0 saturated carbocycles. The number of unbranched alkanes of at least 4 members (excludes halogenated alkanes) is 4. The largest absolute Gasteiger partial charge is 0.488 e. The summed E-state index contributed by atoms with van der Waals surface area (Å²) in [4.78, 5) is 5.95. The van der Waals surface area contributed by atoms with Crippen molar-refractivity contribution in [1.29, 1.82) is 15.8 Å². The van der Waals surface area contributed by atoms with Crippen LogP contribution in [-0.2, 0) is 4.74 Å². The van der Waals surface area contributed by atoms with Gasteiger partial charge in [0.05, 0.1) is 45.9 Å². The first-order chi connectivity index (χ1) is 29.6. The lowest BCUT2D eigenvalue weighted by molar-refractivity contribution is 0.0954. The summed E-state index contributed by atoms with van der Waals surface area (Å²) in [6.07, 6.45) is 19.7. The third-order valence-electron chi connectivity index (χ3n) is 10.0. The van der Waals surface area contributed by atoms with E-state index in [9.17, 15) is 15.8 Å². The minimum Gasteiger partial charge on any atom is -0.488 e. The molecule has 3 aromatic rings. The van der Waals surface area contributed by atoms with Gasteiger partial charge in [-0.15, -0.1) is 22.7 Å². The summed E-state index contributed by atoms with van der Waals surface area (Å²) < 4.78 is 32.2. The van der Waals surface area contributed by atoms with E-state index in [2.05, 4.69) is 101 Å². The number of hydrogen-bond donors (Lipinski definition) is 0. The average Bonchev–Trinajstić information content (AvgIpc) is 3.86. The molecule has 0 saturated heterocycles. The predicted octanol–water partition coefficient (Wildman–Crippen LogP) is 13.7. The van der Waals surface area contributed by atoms with E-state index in [4.69, 9.17) is 23.7 Å². The second-order valence-corrected chi connectivity index (χ2v) is 17.2. The van der Waals surface area contributed by atoms with Crippen LogP contribution in [0.25, 0.3) is 30.4 Å². The van der Waals surface area contributed by atoms with Gasteiger partial charge in [-0.1, -0.05) is 77.7 Å². The van der Waals surface area contributed by atoms with Gasteiger partial charge in [0.1, 0.15) is 29.4 Å². The second kappa shape index (κ2) is 24.7. The number of ether oxygens (including phenoxy) is 5. The van der Waals surface area contributed by atoms with E-state index in [1.165, 1.54) is 17.0 Å². The molecule has 0 radical (unpaired) electrons. The molecule has 0 unspecified atom stereocenters. The third-order valence-corrected chi connectivity index (χ3v) is 12.2. The zero-order valence-corrected chi connectivity index (χ0v) is 39.0. The van der Waals surface area contributed by atoms with E-state index in [0.717, 1.165) is 101 Å². The minimum atomic E-state index is -0.954. The fourth-order valence-corrected chi connectivity index (χ4v) is 8.47. The van der Waals surface area contributed by atoms with Crippen LogP contribution in [0.5, 0.6) is 23.0 Å². The van der Waals surface area contributed by atoms with Gasteiger partial charge in [0.15, 0.2) is 34.3 Å². The first-order valence-corrected chi connectivity index (χ1v) is 23.4. The Morgan fingerprint density at radius 2 is 1.00 bits per heavy atom. The van der Waals surface area contributed by atoms with Gasteiger partial charge in [0, 0.05) is 24.4 Å². The number of allylic oxidation sites excluding steroid dienone is 2. The van der Waals surface area contributed by atoms with E-state index in [1.54, 1.807) is 11.3 Å². The summed E-state index contributed by atoms with van der Waals surface area (Å²) in [6, 6.07) is 14.6. The molecule has 11 heteroatoms. The van der Waals surface area contributed by atoms with Crippen molar-refractivity contribution in [3.05, 3.63) is 77.9 Å². The van der Waals surface area contributed by atoms with Crippen LogP contribution in [0.15, 0.2) is 52.8 Å². The molecule has 1 aromatic carbocycles. The monoisotopic (exact) mass is 862 g/mol. The molecule has 3 heterocycles. The van der Waals surface area contributed by atoms with Gasteiger partial charge in [-0.3, -0.25) is 0 Å². The van der Waals surface area contributed by atoms with Gasteiger partial charge in [0.2, 0.25) is 0 Å². The van der Waals surface area contributed by atoms with Crippen LogP contribution in [0, 0.1) is 34.0 Å². The molecule has 0 aliphatic carbocycles. The van der Waals surface area contributed by atoms with Gasteiger partial charge in [-0.05, 0) is 95.4 Å². The maximum atomic E-state index is 10.2. The fraction of sp³-hybridized carbons (Fsp3) is 0.460. The van der Waals surface area contributed by atoms with Gasteiger partial charge in [-0.25, -0.2) is 0 Å². The zero-order valence-electron chi connectivity index (χ0n) is 37.3. The van der Waals surface area contributed by atoms with Crippen molar-refractivity contribution in [2.75, 3.05) is 44.4 Å². The summed E-state index contributed by atoms with van der Waals surface area (Å²) in [6.45, 7) is 20.7. The predicted molar refractivity (Wildman–Crippen MR) is 253 cm³/mol. The summed E-state index contributed by atoms with van der Waals surface area (Å²) in [5, 5.41) is 29.4. The number of nitriles is 3. The molecule has 4 rings (SSSR count). The first-order valence-electron chi connectivity index (χ1n) is 21.8. The summed E-state index contributed by atoms with van der Waals surface area (Å²) in [5.74, 6) is 2.80. The minimum absolute atomic E-state index is 0.00307. The second-order valence-electron chi connectivity index (χ2n) is 15.0. The molecule has 0 atom stereocenters. The summed E-state index contributed by atoms with van der Waals surface area (Å²) in [7, 11) is 0. The number of nitrogens with zero attached hydrogens (tertiary/aromatic N) is 4. The third kappa shape index (κ3) is 12.8. The molecule has 61 heavy (non-hydrogen) atoms. The van der Waals surface area contributed by atoms with Crippen LogP contribution >= 0.6 is 22.7 Å². The maximum Gasteiger partial charge on any atom is 0.179 e. The Hall–Kier alpha value is -5.41. The van der Waals surface area contributed by atoms with E-state index in [-0.39, 0.29) is 16.9 Å². The van der Waals surface area contributed by atoms with Crippen LogP contribution in [0.3, 0.4) is 0 Å². The molecule has 9 nitrogen and oxygen atoms in total. The fourth-order valence-electron chi connectivity index (χ4n) is 6.48. The lowest BCUT2D eigenvalue weighted by Gasteiger charge is -2.20. The number of rotatable bonds is 25. The van der Waals surface area contributed by atoms with E-state index in [1.807, 2.05) is 38.1 Å². The number of thiophene rings is 2. The average molecular weight is 863 g/mol. The van der Waals surface area contributed by atoms with Crippen molar-refractivity contribution >= 4 is 58.7 Å². The molecule has 0 spiro atoms. The van der Waals surface area contributed by atoms with Gasteiger partial charge < -0.3 is 28.6 Å². The van der Waals surface area contributed by atoms with Gasteiger partial charge >= 0.3 is 0 Å². The summed E-state index contributed by atoms with van der Waals surface area (Å²) in [5.41, 5.74) is 1.85. The van der Waals surface area contributed by atoms with Gasteiger partial charge in [-0.2, -0.15) is 15.8 Å². The highest BCUT2D eigenvalue weighted by atomic mass is 32.1. The van der Waals surface area contributed by atoms with Crippen molar-refractivity contribution in [3.8, 4) is 41.2 Å². The SMILES string of the molecule is CCCCOc1c(/C=C/C2=C(C#N)C(=C(C#N)C#N)OC2(C)C)sc(/C=C/c2sc(/C=C/c3ccc(N(CC)CC)cc3)c(OCCCC)c2OCCCC)c1OCCCC.